The van der Waals surface area contributed by atoms with Crippen molar-refractivity contribution in [3.8, 4) is 0 Å². The molecule has 0 aromatic carbocycles. The number of pyridine rings is 1. The molecule has 2 aromatic heterocycles. The topological polar surface area (TPSA) is 125 Å². The summed E-state index contributed by atoms with van der Waals surface area (Å²) >= 11 is 0. The average molecular weight is 268 g/mol. The van der Waals surface area contributed by atoms with Gasteiger partial charge in [-0.3, -0.25) is 9.82 Å². The molecule has 2 heterocycles. The SMILES string of the molecule is O=C(O)c1ccc(S(=O)(=O)Nc2cn[nH]c2)nc1. The summed E-state index contributed by atoms with van der Waals surface area (Å²) in [4.78, 5) is 14.2. The minimum absolute atomic E-state index is 0.0859. The Bertz CT molecular complexity index is 648. The molecule has 0 fully saturated rings. The van der Waals surface area contributed by atoms with Gasteiger partial charge < -0.3 is 5.11 Å². The average Bonchev–Trinajstić information content (AvgIpc) is 2.81. The van der Waals surface area contributed by atoms with Gasteiger partial charge in [0.25, 0.3) is 10.0 Å². The van der Waals surface area contributed by atoms with Crippen LogP contribution in [-0.2, 0) is 10.0 Å². The first-order valence-electron chi connectivity index (χ1n) is 4.70. The van der Waals surface area contributed by atoms with Crippen molar-refractivity contribution in [3.63, 3.8) is 0 Å². The maximum atomic E-state index is 11.8. The lowest BCUT2D eigenvalue weighted by Gasteiger charge is -2.04. The van der Waals surface area contributed by atoms with E-state index in [9.17, 15) is 13.2 Å². The molecule has 0 atom stereocenters. The normalized spacial score (nSPS) is 11.1. The number of nitrogens with zero attached hydrogens (tertiary/aromatic N) is 2. The van der Waals surface area contributed by atoms with Crippen molar-refractivity contribution in [2.45, 2.75) is 5.03 Å². The lowest BCUT2D eigenvalue weighted by atomic mass is 10.3. The lowest BCUT2D eigenvalue weighted by Crippen LogP contribution is -2.14. The van der Waals surface area contributed by atoms with Crippen LogP contribution in [0, 0.1) is 0 Å². The first-order valence-corrected chi connectivity index (χ1v) is 6.18. The predicted octanol–water partition coefficient (Wildman–Crippen LogP) is 0.304. The summed E-state index contributed by atoms with van der Waals surface area (Å²) in [6.45, 7) is 0. The quantitative estimate of drug-likeness (QED) is 0.732. The number of H-pyrrole nitrogens is 1. The van der Waals surface area contributed by atoms with E-state index in [0.717, 1.165) is 12.3 Å². The minimum Gasteiger partial charge on any atom is -0.478 e. The van der Waals surface area contributed by atoms with Crippen molar-refractivity contribution < 1.29 is 18.3 Å². The number of carboxylic acids is 1. The number of carboxylic acid groups (broad SMARTS) is 1. The number of anilines is 1. The Balaban J connectivity index is 2.27. The molecule has 2 rings (SSSR count). The first kappa shape index (κ1) is 12.0. The van der Waals surface area contributed by atoms with Crippen LogP contribution >= 0.6 is 0 Å². The Kier molecular flexibility index (Phi) is 2.98. The van der Waals surface area contributed by atoms with Crippen LogP contribution in [0.5, 0.6) is 0 Å². The van der Waals surface area contributed by atoms with Gasteiger partial charge in [-0.1, -0.05) is 0 Å². The van der Waals surface area contributed by atoms with E-state index in [2.05, 4.69) is 19.9 Å². The van der Waals surface area contributed by atoms with E-state index >= 15 is 0 Å². The van der Waals surface area contributed by atoms with Crippen LogP contribution in [0.1, 0.15) is 10.4 Å². The van der Waals surface area contributed by atoms with Gasteiger partial charge >= 0.3 is 5.97 Å². The highest BCUT2D eigenvalue weighted by molar-refractivity contribution is 7.92. The summed E-state index contributed by atoms with van der Waals surface area (Å²) in [6, 6.07) is 2.28. The largest absolute Gasteiger partial charge is 0.478 e. The van der Waals surface area contributed by atoms with Crippen molar-refractivity contribution in [1.29, 1.82) is 0 Å². The molecule has 0 aliphatic rings. The Labute approximate surface area is 102 Å². The highest BCUT2D eigenvalue weighted by atomic mass is 32.2. The highest BCUT2D eigenvalue weighted by Crippen LogP contribution is 2.12. The molecule has 0 aliphatic heterocycles. The molecule has 0 bridgehead atoms. The zero-order valence-electron chi connectivity index (χ0n) is 8.86. The fourth-order valence-corrected chi connectivity index (χ4v) is 2.15. The Morgan fingerprint density at radius 2 is 2.11 bits per heavy atom. The molecule has 2 aromatic rings. The van der Waals surface area contributed by atoms with E-state index in [1.54, 1.807) is 0 Å². The Morgan fingerprint density at radius 1 is 1.33 bits per heavy atom. The third kappa shape index (κ3) is 2.46. The number of rotatable bonds is 4. The molecule has 0 saturated carbocycles. The maximum absolute atomic E-state index is 11.8. The molecule has 0 amide bonds. The van der Waals surface area contributed by atoms with Crippen molar-refractivity contribution >= 4 is 21.7 Å². The Hall–Kier alpha value is -2.42. The zero-order chi connectivity index (χ0) is 13.2. The fraction of sp³-hybridized carbons (Fsp3) is 0. The monoisotopic (exact) mass is 268 g/mol. The van der Waals surface area contributed by atoms with Crippen LogP contribution in [0.4, 0.5) is 5.69 Å². The second-order valence-electron chi connectivity index (χ2n) is 3.28. The summed E-state index contributed by atoms with van der Waals surface area (Å²) in [5.74, 6) is -1.17. The van der Waals surface area contributed by atoms with E-state index in [4.69, 9.17) is 5.11 Å². The van der Waals surface area contributed by atoms with Gasteiger partial charge in [0.05, 0.1) is 17.4 Å². The van der Waals surface area contributed by atoms with Crippen LogP contribution in [0.3, 0.4) is 0 Å². The number of aromatic nitrogens is 3. The van der Waals surface area contributed by atoms with Crippen LogP contribution in [-0.4, -0.2) is 34.7 Å². The van der Waals surface area contributed by atoms with Gasteiger partial charge in [0.2, 0.25) is 0 Å². The van der Waals surface area contributed by atoms with Crippen LogP contribution in [0.15, 0.2) is 35.7 Å². The maximum Gasteiger partial charge on any atom is 0.337 e. The van der Waals surface area contributed by atoms with E-state index in [0.29, 0.717) is 0 Å². The number of nitrogens with one attached hydrogen (secondary N) is 2. The molecular weight excluding hydrogens is 260 g/mol. The molecule has 3 N–H and O–H groups in total. The van der Waals surface area contributed by atoms with Gasteiger partial charge in [-0.2, -0.15) is 13.5 Å². The minimum atomic E-state index is -3.84. The third-order valence-electron chi connectivity index (χ3n) is 2.01. The highest BCUT2D eigenvalue weighted by Gasteiger charge is 2.16. The van der Waals surface area contributed by atoms with Gasteiger partial charge in [-0.25, -0.2) is 9.78 Å². The molecule has 18 heavy (non-hydrogen) atoms. The predicted molar refractivity (Wildman–Crippen MR) is 60.6 cm³/mol. The lowest BCUT2D eigenvalue weighted by molar-refractivity contribution is 0.0696. The van der Waals surface area contributed by atoms with Crippen LogP contribution in [0.25, 0.3) is 0 Å². The van der Waals surface area contributed by atoms with Crippen molar-refractivity contribution in [2.75, 3.05) is 4.72 Å². The molecule has 0 radical (unpaired) electrons. The van der Waals surface area contributed by atoms with Crippen molar-refractivity contribution in [1.82, 2.24) is 15.2 Å². The molecule has 9 heteroatoms. The molecule has 0 saturated heterocycles. The zero-order valence-corrected chi connectivity index (χ0v) is 9.68. The first-order chi connectivity index (χ1) is 8.49. The van der Waals surface area contributed by atoms with Crippen molar-refractivity contribution in [2.24, 2.45) is 0 Å². The molecule has 0 spiro atoms. The van der Waals surface area contributed by atoms with Gasteiger partial charge in [0.1, 0.15) is 0 Å². The summed E-state index contributed by atoms with van der Waals surface area (Å²) < 4.78 is 25.9. The van der Waals surface area contributed by atoms with E-state index in [1.807, 2.05) is 0 Å². The number of aromatic amines is 1. The third-order valence-corrected chi connectivity index (χ3v) is 3.31. The van der Waals surface area contributed by atoms with E-state index < -0.39 is 16.0 Å². The van der Waals surface area contributed by atoms with E-state index in [1.165, 1.54) is 18.5 Å². The number of hydrogen-bond acceptors (Lipinski definition) is 5. The molecular formula is C9H8N4O4S. The Morgan fingerprint density at radius 3 is 2.61 bits per heavy atom. The van der Waals surface area contributed by atoms with Crippen LogP contribution < -0.4 is 4.72 Å². The van der Waals surface area contributed by atoms with Gasteiger partial charge in [0, 0.05) is 12.4 Å². The summed E-state index contributed by atoms with van der Waals surface area (Å²) in [5, 5.41) is 14.4. The second-order valence-corrected chi connectivity index (χ2v) is 4.91. The molecule has 94 valence electrons. The fourth-order valence-electron chi connectivity index (χ4n) is 1.18. The second kappa shape index (κ2) is 4.45. The van der Waals surface area contributed by atoms with Gasteiger partial charge in [0.15, 0.2) is 5.03 Å². The van der Waals surface area contributed by atoms with Crippen LogP contribution in [0.2, 0.25) is 0 Å². The smallest absolute Gasteiger partial charge is 0.337 e. The summed E-state index contributed by atoms with van der Waals surface area (Å²) in [5.41, 5.74) is 0.177. The summed E-state index contributed by atoms with van der Waals surface area (Å²) in [7, 11) is -3.84. The number of carbonyl (C=O) groups is 1. The summed E-state index contributed by atoms with van der Waals surface area (Å²) in [6.07, 6.45) is 3.64. The van der Waals surface area contributed by atoms with E-state index in [-0.39, 0.29) is 16.3 Å². The number of hydrogen-bond donors (Lipinski definition) is 3. The molecule has 8 nitrogen and oxygen atoms in total. The molecule has 0 aliphatic carbocycles. The molecule has 0 unspecified atom stereocenters. The van der Waals surface area contributed by atoms with Gasteiger partial charge in [-0.15, -0.1) is 0 Å². The number of sulfonamides is 1. The standard InChI is InChI=1S/C9H8N4O4S/c14-9(15)6-1-2-8(10-3-6)18(16,17)13-7-4-11-12-5-7/h1-5,13H,(H,11,12)(H,14,15). The van der Waals surface area contributed by atoms with Crippen molar-refractivity contribution in [3.05, 3.63) is 36.3 Å². The number of aromatic carboxylic acids is 1. The van der Waals surface area contributed by atoms with Gasteiger partial charge in [-0.05, 0) is 12.1 Å².